The van der Waals surface area contributed by atoms with Crippen molar-refractivity contribution in [1.82, 2.24) is 10.2 Å². The van der Waals surface area contributed by atoms with E-state index in [1.54, 1.807) is 6.20 Å². The van der Waals surface area contributed by atoms with E-state index in [4.69, 9.17) is 5.11 Å². The summed E-state index contributed by atoms with van der Waals surface area (Å²) in [6.45, 7) is 0.981. The van der Waals surface area contributed by atoms with Gasteiger partial charge in [-0.3, -0.25) is 5.10 Å². The fourth-order valence-electron chi connectivity index (χ4n) is 1.70. The maximum Gasteiger partial charge on any atom is 0.0567 e. The number of aliphatic hydroxyl groups is 1. The van der Waals surface area contributed by atoms with Gasteiger partial charge in [-0.15, -0.1) is 0 Å². The molecule has 2 aromatic rings. The molecule has 0 fully saturated rings. The summed E-state index contributed by atoms with van der Waals surface area (Å²) in [4.78, 5) is 0. The molecule has 0 aliphatic heterocycles. The van der Waals surface area contributed by atoms with Crippen LogP contribution in [0.25, 0.3) is 0 Å². The molecule has 4 heteroatoms. The number of nitrogens with one attached hydrogen (secondary N) is 2. The van der Waals surface area contributed by atoms with Crippen LogP contribution >= 0.6 is 0 Å². The molecule has 90 valence electrons. The second kappa shape index (κ2) is 6.06. The molecule has 1 heterocycles. The van der Waals surface area contributed by atoms with E-state index in [-0.39, 0.29) is 6.61 Å². The molecule has 2 rings (SSSR count). The van der Waals surface area contributed by atoms with E-state index in [1.165, 1.54) is 5.56 Å². The van der Waals surface area contributed by atoms with Crippen LogP contribution in [0.5, 0.6) is 0 Å². The van der Waals surface area contributed by atoms with Crippen molar-refractivity contribution in [2.75, 3.05) is 11.9 Å². The topological polar surface area (TPSA) is 60.9 Å². The number of aliphatic hydroxyl groups excluding tert-OH is 1. The molecule has 17 heavy (non-hydrogen) atoms. The lowest BCUT2D eigenvalue weighted by Gasteiger charge is -2.07. The summed E-state index contributed by atoms with van der Waals surface area (Å²) in [6.07, 6.45) is 3.47. The molecule has 1 aromatic carbocycles. The van der Waals surface area contributed by atoms with Crippen LogP contribution in [0.2, 0.25) is 0 Å². The van der Waals surface area contributed by atoms with Gasteiger partial charge in [-0.25, -0.2) is 0 Å². The van der Waals surface area contributed by atoms with E-state index >= 15 is 0 Å². The Balaban J connectivity index is 1.91. The maximum absolute atomic E-state index is 8.80. The first-order chi connectivity index (χ1) is 8.38. The third-order valence-electron chi connectivity index (χ3n) is 2.59. The van der Waals surface area contributed by atoms with Gasteiger partial charge >= 0.3 is 0 Å². The van der Waals surface area contributed by atoms with E-state index in [0.29, 0.717) is 0 Å². The van der Waals surface area contributed by atoms with Gasteiger partial charge in [0.15, 0.2) is 0 Å². The quantitative estimate of drug-likeness (QED) is 0.712. The van der Waals surface area contributed by atoms with Gasteiger partial charge in [0, 0.05) is 18.5 Å². The molecule has 0 bridgehead atoms. The second-order valence-corrected chi connectivity index (χ2v) is 3.96. The van der Waals surface area contributed by atoms with Crippen LogP contribution < -0.4 is 5.32 Å². The van der Waals surface area contributed by atoms with Crippen molar-refractivity contribution < 1.29 is 5.11 Å². The minimum atomic E-state index is 0.242. The molecule has 0 saturated carbocycles. The SMILES string of the molecule is OCCCc1cccc(NCc2ccn[nH]2)c1. The van der Waals surface area contributed by atoms with Crippen molar-refractivity contribution in [2.45, 2.75) is 19.4 Å². The molecule has 0 atom stereocenters. The molecule has 4 nitrogen and oxygen atoms in total. The van der Waals surface area contributed by atoms with Gasteiger partial charge in [0.2, 0.25) is 0 Å². The predicted molar refractivity (Wildman–Crippen MR) is 67.8 cm³/mol. The van der Waals surface area contributed by atoms with E-state index < -0.39 is 0 Å². The average Bonchev–Trinajstić information content (AvgIpc) is 2.87. The number of H-pyrrole nitrogens is 1. The molecule has 0 spiro atoms. The minimum absolute atomic E-state index is 0.242. The number of rotatable bonds is 6. The Bertz CT molecular complexity index is 440. The highest BCUT2D eigenvalue weighted by atomic mass is 16.2. The van der Waals surface area contributed by atoms with Crippen LogP contribution in [0.3, 0.4) is 0 Å². The highest BCUT2D eigenvalue weighted by molar-refractivity contribution is 5.45. The third-order valence-corrected chi connectivity index (χ3v) is 2.59. The summed E-state index contributed by atoms with van der Waals surface area (Å²) in [5.41, 5.74) is 3.40. The van der Waals surface area contributed by atoms with Crippen LogP contribution in [0.1, 0.15) is 17.7 Å². The Kier molecular flexibility index (Phi) is 4.16. The fourth-order valence-corrected chi connectivity index (χ4v) is 1.70. The van der Waals surface area contributed by atoms with Crippen molar-refractivity contribution in [2.24, 2.45) is 0 Å². The van der Waals surface area contributed by atoms with Crippen LogP contribution in [-0.4, -0.2) is 21.9 Å². The lowest BCUT2D eigenvalue weighted by atomic mass is 10.1. The molecule has 0 saturated heterocycles. The molecule has 0 aliphatic rings. The number of hydrogen-bond acceptors (Lipinski definition) is 3. The monoisotopic (exact) mass is 231 g/mol. The highest BCUT2D eigenvalue weighted by Crippen LogP contribution is 2.13. The molecule has 0 aliphatic carbocycles. The summed E-state index contributed by atoms with van der Waals surface area (Å²) >= 11 is 0. The van der Waals surface area contributed by atoms with E-state index in [2.05, 4.69) is 27.6 Å². The standard InChI is InChI=1S/C13H17N3O/c17-8-2-4-11-3-1-5-12(9-11)14-10-13-6-7-15-16-13/h1,3,5-7,9,14,17H,2,4,8,10H2,(H,15,16). The van der Waals surface area contributed by atoms with Crippen molar-refractivity contribution in [3.8, 4) is 0 Å². The smallest absolute Gasteiger partial charge is 0.0567 e. The summed E-state index contributed by atoms with van der Waals surface area (Å²) in [5, 5.41) is 18.9. The van der Waals surface area contributed by atoms with Gasteiger partial charge in [-0.1, -0.05) is 12.1 Å². The lowest BCUT2D eigenvalue weighted by Crippen LogP contribution is -2.00. The number of aromatic nitrogens is 2. The van der Waals surface area contributed by atoms with E-state index in [1.807, 2.05) is 18.2 Å². The number of nitrogens with zero attached hydrogens (tertiary/aromatic N) is 1. The fraction of sp³-hybridized carbons (Fsp3) is 0.308. The normalized spacial score (nSPS) is 10.4. The van der Waals surface area contributed by atoms with E-state index in [0.717, 1.165) is 30.8 Å². The molecule has 1 aromatic heterocycles. The first kappa shape index (κ1) is 11.7. The van der Waals surface area contributed by atoms with Gasteiger partial charge in [0.1, 0.15) is 0 Å². The second-order valence-electron chi connectivity index (χ2n) is 3.96. The lowest BCUT2D eigenvalue weighted by molar-refractivity contribution is 0.288. The van der Waals surface area contributed by atoms with Gasteiger partial charge in [0.05, 0.1) is 12.2 Å². The average molecular weight is 231 g/mol. The molecular weight excluding hydrogens is 214 g/mol. The predicted octanol–water partition coefficient (Wildman–Crippen LogP) is 1.95. The first-order valence-corrected chi connectivity index (χ1v) is 5.80. The molecule has 0 radical (unpaired) electrons. The van der Waals surface area contributed by atoms with Gasteiger partial charge in [-0.2, -0.15) is 5.10 Å². The molecular formula is C13H17N3O. The Morgan fingerprint density at radius 2 is 2.24 bits per heavy atom. The molecule has 3 N–H and O–H groups in total. The Labute approximate surface area is 101 Å². The Morgan fingerprint density at radius 3 is 3.00 bits per heavy atom. The van der Waals surface area contributed by atoms with E-state index in [9.17, 15) is 0 Å². The molecule has 0 unspecified atom stereocenters. The Hall–Kier alpha value is -1.81. The summed E-state index contributed by atoms with van der Waals surface area (Å²) in [5.74, 6) is 0. The van der Waals surface area contributed by atoms with Crippen molar-refractivity contribution in [1.29, 1.82) is 0 Å². The minimum Gasteiger partial charge on any atom is -0.396 e. The van der Waals surface area contributed by atoms with Crippen molar-refractivity contribution in [3.63, 3.8) is 0 Å². The summed E-state index contributed by atoms with van der Waals surface area (Å²) in [6, 6.07) is 10.2. The van der Waals surface area contributed by atoms with Gasteiger partial charge < -0.3 is 10.4 Å². The number of benzene rings is 1. The van der Waals surface area contributed by atoms with Gasteiger partial charge in [-0.05, 0) is 36.6 Å². The Morgan fingerprint density at radius 1 is 1.29 bits per heavy atom. The summed E-state index contributed by atoms with van der Waals surface area (Å²) < 4.78 is 0. The summed E-state index contributed by atoms with van der Waals surface area (Å²) in [7, 11) is 0. The zero-order valence-corrected chi connectivity index (χ0v) is 9.69. The number of aryl methyl sites for hydroxylation is 1. The van der Waals surface area contributed by atoms with Crippen LogP contribution in [0.4, 0.5) is 5.69 Å². The van der Waals surface area contributed by atoms with Crippen LogP contribution in [-0.2, 0) is 13.0 Å². The third kappa shape index (κ3) is 3.60. The number of hydrogen-bond donors (Lipinski definition) is 3. The largest absolute Gasteiger partial charge is 0.396 e. The van der Waals surface area contributed by atoms with Gasteiger partial charge in [0.25, 0.3) is 0 Å². The number of aromatic amines is 1. The van der Waals surface area contributed by atoms with Crippen LogP contribution in [0.15, 0.2) is 36.5 Å². The number of anilines is 1. The highest BCUT2D eigenvalue weighted by Gasteiger charge is 1.97. The van der Waals surface area contributed by atoms with Crippen LogP contribution in [0, 0.1) is 0 Å². The van der Waals surface area contributed by atoms with Crippen molar-refractivity contribution >= 4 is 5.69 Å². The molecule has 0 amide bonds. The van der Waals surface area contributed by atoms with Crippen molar-refractivity contribution in [3.05, 3.63) is 47.8 Å². The zero-order valence-electron chi connectivity index (χ0n) is 9.69. The maximum atomic E-state index is 8.80. The first-order valence-electron chi connectivity index (χ1n) is 5.80. The zero-order chi connectivity index (χ0) is 11.9.